The summed E-state index contributed by atoms with van der Waals surface area (Å²) in [5.74, 6) is 0.670. The minimum Gasteiger partial charge on any atom is -0.396 e. The van der Waals surface area contributed by atoms with Crippen LogP contribution in [-0.2, 0) is 0 Å². The first-order valence-electron chi connectivity index (χ1n) is 6.03. The molecule has 0 aliphatic rings. The van der Waals surface area contributed by atoms with Gasteiger partial charge in [0.1, 0.15) is 0 Å². The summed E-state index contributed by atoms with van der Waals surface area (Å²) in [6, 6.07) is 0. The molecule has 86 valence electrons. The van der Waals surface area contributed by atoms with Crippen LogP contribution in [0.4, 0.5) is 0 Å². The average Bonchev–Trinajstić information content (AvgIpc) is 2.21. The van der Waals surface area contributed by atoms with Crippen molar-refractivity contribution in [1.29, 1.82) is 0 Å². The van der Waals surface area contributed by atoms with Crippen molar-refractivity contribution in [2.45, 2.75) is 64.9 Å². The van der Waals surface area contributed by atoms with Crippen LogP contribution in [-0.4, -0.2) is 22.9 Å². The van der Waals surface area contributed by atoms with Gasteiger partial charge in [0.05, 0.1) is 6.10 Å². The van der Waals surface area contributed by atoms with Crippen LogP contribution < -0.4 is 0 Å². The van der Waals surface area contributed by atoms with Crippen LogP contribution in [0.2, 0.25) is 0 Å². The second-order valence-corrected chi connectivity index (χ2v) is 4.17. The number of rotatable bonds is 9. The van der Waals surface area contributed by atoms with E-state index in [1.54, 1.807) is 0 Å². The molecule has 0 fully saturated rings. The van der Waals surface area contributed by atoms with Gasteiger partial charge >= 0.3 is 0 Å². The summed E-state index contributed by atoms with van der Waals surface area (Å²) >= 11 is 0. The van der Waals surface area contributed by atoms with Crippen molar-refractivity contribution in [2.24, 2.45) is 5.92 Å². The second-order valence-electron chi connectivity index (χ2n) is 4.17. The zero-order chi connectivity index (χ0) is 10.8. The molecule has 14 heavy (non-hydrogen) atoms. The monoisotopic (exact) mass is 202 g/mol. The van der Waals surface area contributed by atoms with E-state index in [-0.39, 0.29) is 12.7 Å². The van der Waals surface area contributed by atoms with E-state index in [0.717, 1.165) is 25.7 Å². The van der Waals surface area contributed by atoms with Crippen LogP contribution in [0.1, 0.15) is 58.8 Å². The van der Waals surface area contributed by atoms with Gasteiger partial charge in [-0.25, -0.2) is 0 Å². The van der Waals surface area contributed by atoms with Crippen LogP contribution >= 0.6 is 0 Å². The van der Waals surface area contributed by atoms with Gasteiger partial charge < -0.3 is 10.2 Å². The van der Waals surface area contributed by atoms with E-state index in [9.17, 15) is 5.11 Å². The third-order valence-electron chi connectivity index (χ3n) is 2.84. The maximum atomic E-state index is 9.67. The lowest BCUT2D eigenvalue weighted by molar-refractivity contribution is 0.118. The molecule has 0 rings (SSSR count). The van der Waals surface area contributed by atoms with Crippen LogP contribution in [0, 0.1) is 5.92 Å². The Morgan fingerprint density at radius 1 is 1.07 bits per heavy atom. The molecule has 2 N–H and O–H groups in total. The van der Waals surface area contributed by atoms with E-state index < -0.39 is 0 Å². The minimum absolute atomic E-state index is 0.197. The number of hydrogen-bond donors (Lipinski definition) is 2. The SMILES string of the molecule is CCCCC(CC)CC(O)CCCO. The summed E-state index contributed by atoms with van der Waals surface area (Å²) in [6.45, 7) is 4.59. The van der Waals surface area contributed by atoms with Crippen LogP contribution in [0.3, 0.4) is 0 Å². The van der Waals surface area contributed by atoms with Gasteiger partial charge in [-0.15, -0.1) is 0 Å². The molecule has 0 aromatic rings. The summed E-state index contributed by atoms with van der Waals surface area (Å²) in [5, 5.41) is 18.3. The molecule has 0 aliphatic heterocycles. The molecule has 0 aromatic carbocycles. The van der Waals surface area contributed by atoms with Gasteiger partial charge in [-0.1, -0.05) is 39.5 Å². The number of unbranched alkanes of at least 4 members (excludes halogenated alkanes) is 1. The highest BCUT2D eigenvalue weighted by Crippen LogP contribution is 2.20. The number of hydrogen-bond acceptors (Lipinski definition) is 2. The largest absolute Gasteiger partial charge is 0.396 e. The third-order valence-corrected chi connectivity index (χ3v) is 2.84. The molecule has 2 heteroatoms. The lowest BCUT2D eigenvalue weighted by Gasteiger charge is -2.18. The van der Waals surface area contributed by atoms with E-state index in [1.165, 1.54) is 19.3 Å². The van der Waals surface area contributed by atoms with E-state index >= 15 is 0 Å². The van der Waals surface area contributed by atoms with Gasteiger partial charge in [-0.3, -0.25) is 0 Å². The van der Waals surface area contributed by atoms with E-state index in [2.05, 4.69) is 13.8 Å². The highest BCUT2D eigenvalue weighted by atomic mass is 16.3. The molecular formula is C12H26O2. The fraction of sp³-hybridized carbons (Fsp3) is 1.00. The molecular weight excluding hydrogens is 176 g/mol. The van der Waals surface area contributed by atoms with Crippen LogP contribution in [0.5, 0.6) is 0 Å². The topological polar surface area (TPSA) is 40.5 Å². The minimum atomic E-state index is -0.205. The predicted octanol–water partition coefficient (Wildman–Crippen LogP) is 2.73. The quantitative estimate of drug-likeness (QED) is 0.603. The van der Waals surface area contributed by atoms with Gasteiger partial charge in [0.25, 0.3) is 0 Å². The molecule has 0 amide bonds. The van der Waals surface area contributed by atoms with Crippen molar-refractivity contribution in [3.05, 3.63) is 0 Å². The number of aliphatic hydroxyl groups excluding tert-OH is 2. The summed E-state index contributed by atoms with van der Waals surface area (Å²) in [7, 11) is 0. The van der Waals surface area contributed by atoms with E-state index in [1.807, 2.05) is 0 Å². The Hall–Kier alpha value is -0.0800. The Balaban J connectivity index is 3.57. The molecule has 0 saturated carbocycles. The fourth-order valence-corrected chi connectivity index (χ4v) is 1.81. The predicted molar refractivity (Wildman–Crippen MR) is 60.2 cm³/mol. The van der Waals surface area contributed by atoms with Crippen LogP contribution in [0.15, 0.2) is 0 Å². The van der Waals surface area contributed by atoms with Crippen molar-refractivity contribution >= 4 is 0 Å². The fourth-order valence-electron chi connectivity index (χ4n) is 1.81. The molecule has 0 radical (unpaired) electrons. The lowest BCUT2D eigenvalue weighted by atomic mass is 9.92. The molecule has 0 aromatic heterocycles. The first-order chi connectivity index (χ1) is 6.74. The number of aliphatic hydroxyl groups is 2. The maximum absolute atomic E-state index is 9.67. The standard InChI is InChI=1S/C12H26O2/c1-3-5-7-11(4-2)10-12(14)8-6-9-13/h11-14H,3-10H2,1-2H3. The van der Waals surface area contributed by atoms with Crippen molar-refractivity contribution in [2.75, 3.05) is 6.61 Å². The van der Waals surface area contributed by atoms with E-state index in [4.69, 9.17) is 5.11 Å². The summed E-state index contributed by atoms with van der Waals surface area (Å²) in [4.78, 5) is 0. The zero-order valence-corrected chi connectivity index (χ0v) is 9.71. The first-order valence-corrected chi connectivity index (χ1v) is 6.03. The second kappa shape index (κ2) is 9.47. The molecule has 0 heterocycles. The summed E-state index contributed by atoms with van der Waals surface area (Å²) in [5.41, 5.74) is 0. The first kappa shape index (κ1) is 13.9. The van der Waals surface area contributed by atoms with Crippen molar-refractivity contribution in [3.8, 4) is 0 Å². The van der Waals surface area contributed by atoms with Crippen molar-refractivity contribution in [3.63, 3.8) is 0 Å². The van der Waals surface area contributed by atoms with Crippen molar-refractivity contribution in [1.82, 2.24) is 0 Å². The van der Waals surface area contributed by atoms with Crippen molar-refractivity contribution < 1.29 is 10.2 Å². The molecule has 2 unspecified atom stereocenters. The van der Waals surface area contributed by atoms with Gasteiger partial charge in [-0.2, -0.15) is 0 Å². The van der Waals surface area contributed by atoms with Gasteiger partial charge in [-0.05, 0) is 25.2 Å². The highest BCUT2D eigenvalue weighted by molar-refractivity contribution is 4.64. The lowest BCUT2D eigenvalue weighted by Crippen LogP contribution is -2.13. The molecule has 0 bridgehead atoms. The highest BCUT2D eigenvalue weighted by Gasteiger charge is 2.11. The third kappa shape index (κ3) is 7.34. The Kier molecular flexibility index (Phi) is 9.42. The van der Waals surface area contributed by atoms with Crippen LogP contribution in [0.25, 0.3) is 0 Å². The Labute approximate surface area is 88.3 Å². The Morgan fingerprint density at radius 3 is 2.29 bits per heavy atom. The zero-order valence-electron chi connectivity index (χ0n) is 9.71. The molecule has 0 spiro atoms. The Morgan fingerprint density at radius 2 is 1.79 bits per heavy atom. The normalized spacial score (nSPS) is 15.4. The van der Waals surface area contributed by atoms with Gasteiger partial charge in [0, 0.05) is 6.61 Å². The summed E-state index contributed by atoms with van der Waals surface area (Å²) in [6.07, 6.45) is 7.10. The molecule has 0 aliphatic carbocycles. The molecule has 2 nitrogen and oxygen atoms in total. The molecule has 0 saturated heterocycles. The smallest absolute Gasteiger partial charge is 0.0543 e. The maximum Gasteiger partial charge on any atom is 0.0543 e. The Bertz CT molecular complexity index is 115. The summed E-state index contributed by atoms with van der Waals surface area (Å²) < 4.78 is 0. The van der Waals surface area contributed by atoms with Gasteiger partial charge in [0.15, 0.2) is 0 Å². The average molecular weight is 202 g/mol. The molecule has 2 atom stereocenters. The van der Waals surface area contributed by atoms with Gasteiger partial charge in [0.2, 0.25) is 0 Å². The van der Waals surface area contributed by atoms with E-state index in [0.29, 0.717) is 5.92 Å².